The number of hydrogen-bond acceptors (Lipinski definition) is 2. The van der Waals surface area contributed by atoms with Gasteiger partial charge in [0.15, 0.2) is 17.4 Å². The molecule has 88 valence electrons. The maximum Gasteiger partial charge on any atom is 0.203 e. The summed E-state index contributed by atoms with van der Waals surface area (Å²) >= 11 is 0. The monoisotopic (exact) mass is 232 g/mol. The van der Waals surface area contributed by atoms with E-state index in [1.54, 1.807) is 6.92 Å². The lowest BCUT2D eigenvalue weighted by molar-refractivity contribution is -0.108. The van der Waals surface area contributed by atoms with Crippen molar-refractivity contribution in [1.29, 1.82) is 0 Å². The van der Waals surface area contributed by atoms with Crippen LogP contribution in [0.2, 0.25) is 0 Å². The minimum atomic E-state index is -1.36. The zero-order chi connectivity index (χ0) is 12.3. The molecule has 0 saturated carbocycles. The van der Waals surface area contributed by atoms with Crippen molar-refractivity contribution in [3.63, 3.8) is 0 Å². The van der Waals surface area contributed by atoms with Crippen LogP contribution in [0, 0.1) is 17.5 Å². The predicted molar refractivity (Wildman–Crippen MR) is 52.0 cm³/mol. The van der Waals surface area contributed by atoms with Crippen LogP contribution in [0.5, 0.6) is 5.75 Å². The highest BCUT2D eigenvalue weighted by Gasteiger charge is 2.22. The maximum absolute atomic E-state index is 13.6. The number of carbonyl (C=O) groups excluding carboxylic acids is 1. The van der Waals surface area contributed by atoms with Crippen molar-refractivity contribution in [2.24, 2.45) is 0 Å². The van der Waals surface area contributed by atoms with Crippen LogP contribution >= 0.6 is 0 Å². The molecule has 1 unspecified atom stereocenters. The average Bonchev–Trinajstić information content (AvgIpc) is 2.24. The molecule has 16 heavy (non-hydrogen) atoms. The lowest BCUT2D eigenvalue weighted by Gasteiger charge is -2.13. The molecule has 0 fully saturated rings. The molecule has 0 radical (unpaired) electrons. The van der Waals surface area contributed by atoms with Crippen molar-refractivity contribution in [3.8, 4) is 5.75 Å². The number of rotatable bonds is 4. The van der Waals surface area contributed by atoms with Crippen molar-refractivity contribution < 1.29 is 22.7 Å². The van der Waals surface area contributed by atoms with E-state index in [0.717, 1.165) is 13.2 Å². The zero-order valence-electron chi connectivity index (χ0n) is 8.89. The Balaban J connectivity index is 3.30. The molecule has 0 spiro atoms. The molecule has 0 amide bonds. The molecule has 0 aliphatic rings. The van der Waals surface area contributed by atoms with E-state index in [1.807, 2.05) is 0 Å². The molecule has 0 heterocycles. The fourth-order valence-electron chi connectivity index (χ4n) is 1.41. The number of carbonyl (C=O) groups is 1. The molecular weight excluding hydrogens is 221 g/mol. The zero-order valence-corrected chi connectivity index (χ0v) is 8.89. The summed E-state index contributed by atoms with van der Waals surface area (Å²) in [6, 6.07) is 0.751. The summed E-state index contributed by atoms with van der Waals surface area (Å²) in [5, 5.41) is 0. The number of hydrogen-bond donors (Lipinski definition) is 0. The second kappa shape index (κ2) is 5.01. The van der Waals surface area contributed by atoms with Crippen molar-refractivity contribution in [1.82, 2.24) is 0 Å². The SMILES string of the molecule is COc1c(F)c(F)cc(C(C)CC=O)c1F. The van der Waals surface area contributed by atoms with E-state index in [2.05, 4.69) is 4.74 Å². The molecule has 1 rings (SSSR count). The predicted octanol–water partition coefficient (Wildman–Crippen LogP) is 2.81. The molecule has 0 aliphatic carbocycles. The van der Waals surface area contributed by atoms with Crippen LogP contribution in [-0.4, -0.2) is 13.4 Å². The first kappa shape index (κ1) is 12.5. The highest BCUT2D eigenvalue weighted by molar-refractivity contribution is 5.52. The Bertz CT molecular complexity index is 405. The van der Waals surface area contributed by atoms with Gasteiger partial charge < -0.3 is 9.53 Å². The van der Waals surface area contributed by atoms with Gasteiger partial charge in [-0.1, -0.05) is 6.92 Å². The molecule has 0 aromatic heterocycles. The van der Waals surface area contributed by atoms with Gasteiger partial charge in [0.2, 0.25) is 5.82 Å². The molecule has 5 heteroatoms. The number of methoxy groups -OCH3 is 1. The molecule has 0 aliphatic heterocycles. The van der Waals surface area contributed by atoms with Crippen LogP contribution in [0.1, 0.15) is 24.8 Å². The van der Waals surface area contributed by atoms with Gasteiger partial charge in [0.1, 0.15) is 6.29 Å². The second-order valence-corrected chi connectivity index (χ2v) is 3.41. The Morgan fingerprint density at radius 2 is 2.00 bits per heavy atom. The number of halogens is 3. The first-order valence-corrected chi connectivity index (χ1v) is 4.67. The Hall–Kier alpha value is -1.52. The lowest BCUT2D eigenvalue weighted by Crippen LogP contribution is -2.05. The number of ether oxygens (including phenoxy) is 1. The van der Waals surface area contributed by atoms with Crippen LogP contribution in [0.4, 0.5) is 13.2 Å². The van der Waals surface area contributed by atoms with Gasteiger partial charge in [-0.15, -0.1) is 0 Å². The van der Waals surface area contributed by atoms with Crippen LogP contribution in [-0.2, 0) is 4.79 Å². The maximum atomic E-state index is 13.6. The first-order chi connectivity index (χ1) is 7.52. The van der Waals surface area contributed by atoms with Gasteiger partial charge in [-0.2, -0.15) is 4.39 Å². The molecule has 0 bridgehead atoms. The molecule has 1 aromatic carbocycles. The summed E-state index contributed by atoms with van der Waals surface area (Å²) in [6.45, 7) is 1.55. The van der Waals surface area contributed by atoms with Crippen molar-refractivity contribution in [2.45, 2.75) is 19.3 Å². The number of benzene rings is 1. The van der Waals surface area contributed by atoms with Crippen LogP contribution in [0.25, 0.3) is 0 Å². The van der Waals surface area contributed by atoms with Gasteiger partial charge in [0, 0.05) is 6.42 Å². The third-order valence-electron chi connectivity index (χ3n) is 2.33. The van der Waals surface area contributed by atoms with E-state index in [4.69, 9.17) is 0 Å². The van der Waals surface area contributed by atoms with E-state index >= 15 is 0 Å². The van der Waals surface area contributed by atoms with Crippen LogP contribution < -0.4 is 4.74 Å². The fourth-order valence-corrected chi connectivity index (χ4v) is 1.41. The summed E-state index contributed by atoms with van der Waals surface area (Å²) in [6.07, 6.45) is 0.628. The molecule has 1 atom stereocenters. The Morgan fingerprint density at radius 3 is 2.50 bits per heavy atom. The molecular formula is C11H11F3O2. The Labute approximate surface area is 91.0 Å². The van der Waals surface area contributed by atoms with Gasteiger partial charge in [-0.05, 0) is 17.5 Å². The summed E-state index contributed by atoms with van der Waals surface area (Å²) < 4.78 is 44.3. The molecule has 0 saturated heterocycles. The standard InChI is InChI=1S/C11H11F3O2/c1-6(3-4-15)7-5-8(12)10(14)11(16-2)9(7)13/h4-6H,3H2,1-2H3. The van der Waals surface area contributed by atoms with E-state index < -0.39 is 29.1 Å². The average molecular weight is 232 g/mol. The quantitative estimate of drug-likeness (QED) is 0.589. The van der Waals surface area contributed by atoms with Crippen molar-refractivity contribution in [2.75, 3.05) is 7.11 Å². The Kier molecular flexibility index (Phi) is 3.93. The lowest BCUT2D eigenvalue weighted by atomic mass is 9.97. The topological polar surface area (TPSA) is 26.3 Å². The van der Waals surface area contributed by atoms with E-state index in [-0.39, 0.29) is 12.0 Å². The van der Waals surface area contributed by atoms with Gasteiger partial charge in [-0.25, -0.2) is 8.78 Å². The summed E-state index contributed by atoms with van der Waals surface area (Å²) in [4.78, 5) is 10.3. The van der Waals surface area contributed by atoms with Crippen molar-refractivity contribution in [3.05, 3.63) is 29.1 Å². The fraction of sp³-hybridized carbons (Fsp3) is 0.364. The second-order valence-electron chi connectivity index (χ2n) is 3.41. The normalized spacial score (nSPS) is 12.3. The minimum Gasteiger partial charge on any atom is -0.491 e. The van der Waals surface area contributed by atoms with Crippen molar-refractivity contribution >= 4 is 6.29 Å². The minimum absolute atomic E-state index is 0.0329. The first-order valence-electron chi connectivity index (χ1n) is 4.67. The van der Waals surface area contributed by atoms with E-state index in [0.29, 0.717) is 6.29 Å². The largest absolute Gasteiger partial charge is 0.491 e. The third-order valence-corrected chi connectivity index (χ3v) is 2.33. The molecule has 2 nitrogen and oxygen atoms in total. The molecule has 0 N–H and O–H groups in total. The van der Waals surface area contributed by atoms with Crippen LogP contribution in [0.3, 0.4) is 0 Å². The van der Waals surface area contributed by atoms with Gasteiger partial charge in [0.25, 0.3) is 0 Å². The smallest absolute Gasteiger partial charge is 0.203 e. The summed E-state index contributed by atoms with van der Waals surface area (Å²) in [7, 11) is 1.05. The van der Waals surface area contributed by atoms with E-state index in [1.165, 1.54) is 0 Å². The summed E-state index contributed by atoms with van der Waals surface area (Å²) in [5.74, 6) is -4.79. The van der Waals surface area contributed by atoms with E-state index in [9.17, 15) is 18.0 Å². The van der Waals surface area contributed by atoms with Gasteiger partial charge >= 0.3 is 0 Å². The molecule has 1 aromatic rings. The van der Waals surface area contributed by atoms with Gasteiger partial charge in [0.05, 0.1) is 7.11 Å². The highest BCUT2D eigenvalue weighted by Crippen LogP contribution is 2.31. The van der Waals surface area contributed by atoms with Crippen LogP contribution in [0.15, 0.2) is 6.07 Å². The Morgan fingerprint density at radius 1 is 1.38 bits per heavy atom. The highest BCUT2D eigenvalue weighted by atomic mass is 19.2. The third kappa shape index (κ3) is 2.18. The number of aldehydes is 1. The van der Waals surface area contributed by atoms with Gasteiger partial charge in [-0.3, -0.25) is 0 Å². The summed E-state index contributed by atoms with van der Waals surface area (Å²) in [5.41, 5.74) is -0.0668.